The third-order valence-electron chi connectivity index (χ3n) is 7.64. The van der Waals surface area contributed by atoms with Crippen LogP contribution in [-0.2, 0) is 14.9 Å². The Morgan fingerprint density at radius 2 is 1.80 bits per heavy atom. The number of likely N-dealkylation sites (tertiary alicyclic amines) is 1. The molecule has 5 rings (SSSR count). The van der Waals surface area contributed by atoms with Crippen LogP contribution in [0, 0.1) is 6.92 Å². The number of piperidine rings is 1. The second-order valence-corrected chi connectivity index (χ2v) is 9.42. The van der Waals surface area contributed by atoms with Crippen molar-refractivity contribution in [2.24, 2.45) is 0 Å². The van der Waals surface area contributed by atoms with E-state index in [1.54, 1.807) is 14.0 Å². The molecule has 2 amide bonds. The number of fused-ring (bicyclic) bond motifs is 2. The van der Waals surface area contributed by atoms with Crippen molar-refractivity contribution in [1.82, 2.24) is 15.4 Å². The zero-order chi connectivity index (χ0) is 24.6. The summed E-state index contributed by atoms with van der Waals surface area (Å²) in [5.41, 5.74) is 4.03. The van der Waals surface area contributed by atoms with E-state index in [1.807, 2.05) is 54.3 Å². The summed E-state index contributed by atoms with van der Waals surface area (Å²) in [6.45, 7) is 4.81. The molecule has 2 aromatic carbocycles. The van der Waals surface area contributed by atoms with Gasteiger partial charge in [0.15, 0.2) is 0 Å². The van der Waals surface area contributed by atoms with Crippen molar-refractivity contribution in [2.45, 2.75) is 50.7 Å². The second kappa shape index (κ2) is 9.30. The lowest BCUT2D eigenvalue weighted by atomic mass is 9.71. The second-order valence-electron chi connectivity index (χ2n) is 9.42. The zero-order valence-electron chi connectivity index (χ0n) is 20.4. The Kier molecular flexibility index (Phi) is 6.19. The van der Waals surface area contributed by atoms with Gasteiger partial charge in [-0.05, 0) is 30.9 Å². The Morgan fingerprint density at radius 1 is 1.11 bits per heavy atom. The van der Waals surface area contributed by atoms with E-state index in [9.17, 15) is 9.59 Å². The molecule has 35 heavy (non-hydrogen) atoms. The number of benzene rings is 2. The molecule has 182 valence electrons. The maximum absolute atomic E-state index is 13.7. The number of rotatable bonds is 5. The van der Waals surface area contributed by atoms with Gasteiger partial charge in [-0.15, -0.1) is 0 Å². The van der Waals surface area contributed by atoms with Crippen molar-refractivity contribution >= 4 is 11.8 Å². The average Bonchev–Trinajstić information content (AvgIpc) is 3.40. The van der Waals surface area contributed by atoms with E-state index in [-0.39, 0.29) is 29.4 Å². The summed E-state index contributed by atoms with van der Waals surface area (Å²) in [4.78, 5) is 27.9. The van der Waals surface area contributed by atoms with Gasteiger partial charge in [-0.3, -0.25) is 9.59 Å². The quantitative estimate of drug-likeness (QED) is 0.593. The van der Waals surface area contributed by atoms with Crippen molar-refractivity contribution in [3.8, 4) is 11.3 Å². The van der Waals surface area contributed by atoms with Crippen molar-refractivity contribution in [1.29, 1.82) is 0 Å². The van der Waals surface area contributed by atoms with E-state index in [4.69, 9.17) is 9.26 Å². The van der Waals surface area contributed by atoms with Gasteiger partial charge in [0.2, 0.25) is 5.91 Å². The molecule has 1 aromatic heterocycles. The Morgan fingerprint density at radius 3 is 2.49 bits per heavy atom. The number of ether oxygens (including phenoxy) is 1. The molecule has 7 heteroatoms. The van der Waals surface area contributed by atoms with Gasteiger partial charge in [-0.25, -0.2) is 0 Å². The Bertz CT molecular complexity index is 1230. The summed E-state index contributed by atoms with van der Waals surface area (Å²) in [6, 6.07) is 17.7. The fraction of sp³-hybridized carbons (Fsp3) is 0.393. The molecule has 0 radical (unpaired) electrons. The minimum absolute atomic E-state index is 0.00731. The van der Waals surface area contributed by atoms with Crippen LogP contribution >= 0.6 is 0 Å². The van der Waals surface area contributed by atoms with Crippen molar-refractivity contribution < 1.29 is 18.8 Å². The molecule has 1 N–H and O–H groups in total. The third kappa shape index (κ3) is 3.84. The van der Waals surface area contributed by atoms with E-state index >= 15 is 0 Å². The Labute approximate surface area is 205 Å². The monoisotopic (exact) mass is 473 g/mol. The van der Waals surface area contributed by atoms with Crippen molar-refractivity contribution in [3.05, 3.63) is 77.0 Å². The van der Waals surface area contributed by atoms with Crippen LogP contribution in [0.3, 0.4) is 0 Å². The number of carbonyl (C=O) groups excluding carboxylic acids is 2. The molecule has 2 atom stereocenters. The van der Waals surface area contributed by atoms with E-state index in [2.05, 4.69) is 22.6 Å². The number of nitrogens with one attached hydrogen (secondary N) is 1. The molecule has 1 fully saturated rings. The van der Waals surface area contributed by atoms with Crippen LogP contribution in [0.1, 0.15) is 59.5 Å². The van der Waals surface area contributed by atoms with Gasteiger partial charge < -0.3 is 19.5 Å². The molecular formula is C28H31N3O4. The highest BCUT2D eigenvalue weighted by Crippen LogP contribution is 2.52. The third-order valence-corrected chi connectivity index (χ3v) is 7.64. The predicted octanol–water partition coefficient (Wildman–Crippen LogP) is 4.42. The fourth-order valence-corrected chi connectivity index (χ4v) is 5.89. The predicted molar refractivity (Wildman–Crippen MR) is 132 cm³/mol. The number of nitrogens with zero attached hydrogens (tertiary/aromatic N) is 2. The lowest BCUT2D eigenvalue weighted by Crippen LogP contribution is -2.51. The van der Waals surface area contributed by atoms with Crippen LogP contribution in [0.2, 0.25) is 0 Å². The number of aromatic nitrogens is 1. The smallest absolute Gasteiger partial charge is 0.259 e. The number of hydrogen-bond donors (Lipinski definition) is 1. The maximum atomic E-state index is 13.7. The van der Waals surface area contributed by atoms with E-state index in [0.717, 1.165) is 24.0 Å². The SMILES string of the molecule is CCC(=O)N[C@@H]1c2ccccc2C2(CCN(C(=O)c3c(-c4ccccc4)noc3C)CC2)[C@H]1OC. The van der Waals surface area contributed by atoms with Crippen LogP contribution in [0.15, 0.2) is 59.1 Å². The highest BCUT2D eigenvalue weighted by molar-refractivity contribution is 6.00. The van der Waals surface area contributed by atoms with Gasteiger partial charge in [-0.2, -0.15) is 0 Å². The van der Waals surface area contributed by atoms with Crippen LogP contribution in [0.4, 0.5) is 0 Å². The molecule has 1 aliphatic carbocycles. The first kappa shape index (κ1) is 23.3. The first-order valence-corrected chi connectivity index (χ1v) is 12.2. The van der Waals surface area contributed by atoms with Crippen LogP contribution in [-0.4, -0.2) is 48.2 Å². The molecule has 7 nitrogen and oxygen atoms in total. The highest BCUT2D eigenvalue weighted by Gasteiger charge is 2.54. The van der Waals surface area contributed by atoms with Crippen LogP contribution in [0.25, 0.3) is 11.3 Å². The Balaban J connectivity index is 1.42. The number of amides is 2. The molecular weight excluding hydrogens is 442 g/mol. The minimum atomic E-state index is -0.264. The van der Waals surface area contributed by atoms with Gasteiger partial charge in [0.05, 0.1) is 12.1 Å². The number of aryl methyl sites for hydroxylation is 1. The number of carbonyl (C=O) groups is 2. The van der Waals surface area contributed by atoms with Crippen LogP contribution in [0.5, 0.6) is 0 Å². The molecule has 1 saturated heterocycles. The first-order chi connectivity index (χ1) is 17.0. The minimum Gasteiger partial charge on any atom is -0.378 e. The normalized spacial score (nSPS) is 20.6. The average molecular weight is 474 g/mol. The molecule has 1 spiro atoms. The van der Waals surface area contributed by atoms with Gasteiger partial charge in [0.25, 0.3) is 5.91 Å². The lowest BCUT2D eigenvalue weighted by molar-refractivity contribution is -0.123. The van der Waals surface area contributed by atoms with Gasteiger partial charge in [0.1, 0.15) is 17.0 Å². The molecule has 1 aliphatic heterocycles. The lowest BCUT2D eigenvalue weighted by Gasteiger charge is -2.44. The molecule has 0 unspecified atom stereocenters. The van der Waals surface area contributed by atoms with E-state index < -0.39 is 0 Å². The van der Waals surface area contributed by atoms with Gasteiger partial charge in [-0.1, -0.05) is 66.7 Å². The maximum Gasteiger partial charge on any atom is 0.259 e. The summed E-state index contributed by atoms with van der Waals surface area (Å²) in [5, 5.41) is 7.37. The number of hydrogen-bond acceptors (Lipinski definition) is 5. The fourth-order valence-electron chi connectivity index (χ4n) is 5.89. The van der Waals surface area contributed by atoms with E-state index in [0.29, 0.717) is 36.5 Å². The Hall–Kier alpha value is -3.45. The largest absolute Gasteiger partial charge is 0.378 e. The highest BCUT2D eigenvalue weighted by atomic mass is 16.5. The summed E-state index contributed by atoms with van der Waals surface area (Å²) in [7, 11) is 1.72. The van der Waals surface area contributed by atoms with Crippen molar-refractivity contribution in [2.75, 3.05) is 20.2 Å². The molecule has 2 heterocycles. The van der Waals surface area contributed by atoms with Gasteiger partial charge >= 0.3 is 0 Å². The summed E-state index contributed by atoms with van der Waals surface area (Å²) < 4.78 is 11.5. The zero-order valence-corrected chi connectivity index (χ0v) is 20.4. The molecule has 0 bridgehead atoms. The summed E-state index contributed by atoms with van der Waals surface area (Å²) in [6.07, 6.45) is 1.73. The standard InChI is InChI=1S/C28H31N3O4/c1-4-22(32)29-25-20-12-8-9-13-21(20)28(26(25)34-3)14-16-31(17-15-28)27(33)23-18(2)35-30-24(23)19-10-6-5-7-11-19/h5-13,25-26H,4,14-17H2,1-3H3,(H,29,32)/t25-,26+/m1/s1. The van der Waals surface area contributed by atoms with Crippen molar-refractivity contribution in [3.63, 3.8) is 0 Å². The molecule has 2 aliphatic rings. The number of methoxy groups -OCH3 is 1. The first-order valence-electron chi connectivity index (χ1n) is 12.2. The van der Waals surface area contributed by atoms with Gasteiger partial charge in [0, 0.05) is 37.6 Å². The molecule has 3 aromatic rings. The summed E-state index contributed by atoms with van der Waals surface area (Å²) >= 11 is 0. The molecule has 0 saturated carbocycles. The van der Waals surface area contributed by atoms with E-state index in [1.165, 1.54) is 5.56 Å². The summed E-state index contributed by atoms with van der Waals surface area (Å²) in [5.74, 6) is 0.471. The van der Waals surface area contributed by atoms with Crippen LogP contribution < -0.4 is 5.32 Å². The topological polar surface area (TPSA) is 84.7 Å².